The molecule has 0 radical (unpaired) electrons. The van der Waals surface area contributed by atoms with Crippen LogP contribution in [0.15, 0.2) is 4.99 Å². The minimum atomic E-state index is 0.269. The molecule has 2 aliphatic heterocycles. The Morgan fingerprint density at radius 3 is 2.67 bits per heavy atom. The number of hydrogen-bond donors (Lipinski definition) is 2. The molecule has 0 aromatic heterocycles. The Labute approximate surface area is 54.3 Å². The summed E-state index contributed by atoms with van der Waals surface area (Å²) in [5, 5.41) is 3.13. The predicted octanol–water partition coefficient (Wildman–Crippen LogP) is -0.668. The standard InChI is InChI=1S/C6H11N3/c1-3-5-4(7)6(3)9-2-8-5/h2-6H,7H2,1H3,(H,8,9). The molecule has 1 saturated carbocycles. The second kappa shape index (κ2) is 1.48. The van der Waals surface area contributed by atoms with Crippen LogP contribution in [-0.2, 0) is 0 Å². The van der Waals surface area contributed by atoms with Crippen LogP contribution in [0.25, 0.3) is 0 Å². The van der Waals surface area contributed by atoms with E-state index in [4.69, 9.17) is 5.73 Å². The Bertz CT molecular complexity index is 144. The molecule has 1 aliphatic carbocycles. The van der Waals surface area contributed by atoms with Gasteiger partial charge in [0.25, 0.3) is 0 Å². The fourth-order valence-electron chi connectivity index (χ4n) is 1.69. The van der Waals surface area contributed by atoms with Crippen LogP contribution in [0.5, 0.6) is 0 Å². The molecule has 3 nitrogen and oxygen atoms in total. The molecule has 4 unspecified atom stereocenters. The van der Waals surface area contributed by atoms with Crippen molar-refractivity contribution in [3.63, 3.8) is 0 Å². The van der Waals surface area contributed by atoms with Crippen molar-refractivity contribution in [1.29, 1.82) is 0 Å². The fraction of sp³-hybridized carbons (Fsp3) is 0.833. The Morgan fingerprint density at radius 1 is 1.67 bits per heavy atom. The van der Waals surface area contributed by atoms with Gasteiger partial charge in [-0.1, -0.05) is 6.92 Å². The molecule has 0 amide bonds. The molecule has 0 aromatic rings. The Balaban J connectivity index is 2.21. The van der Waals surface area contributed by atoms with E-state index in [0.29, 0.717) is 18.0 Å². The predicted molar refractivity (Wildman–Crippen MR) is 36.3 cm³/mol. The summed E-state index contributed by atoms with van der Waals surface area (Å²) in [7, 11) is 0. The zero-order chi connectivity index (χ0) is 6.43. The van der Waals surface area contributed by atoms with E-state index in [2.05, 4.69) is 17.2 Å². The molecule has 4 atom stereocenters. The summed E-state index contributed by atoms with van der Waals surface area (Å²) in [5.41, 5.74) is 5.74. The summed E-state index contributed by atoms with van der Waals surface area (Å²) in [6.45, 7) is 2.18. The second-order valence-electron chi connectivity index (χ2n) is 2.90. The van der Waals surface area contributed by atoms with E-state index in [0.717, 1.165) is 0 Å². The van der Waals surface area contributed by atoms with Gasteiger partial charge in [0.2, 0.25) is 0 Å². The van der Waals surface area contributed by atoms with Crippen molar-refractivity contribution < 1.29 is 0 Å². The first-order chi connectivity index (χ1) is 4.30. The highest BCUT2D eigenvalue weighted by Gasteiger charge is 2.47. The van der Waals surface area contributed by atoms with Gasteiger partial charge in [-0.05, 0) is 0 Å². The number of nitrogens with two attached hydrogens (primary N) is 1. The monoisotopic (exact) mass is 125 g/mol. The van der Waals surface area contributed by atoms with Gasteiger partial charge < -0.3 is 11.1 Å². The average Bonchev–Trinajstić information content (AvgIpc) is 1.91. The molecule has 3 rings (SSSR count). The second-order valence-corrected chi connectivity index (χ2v) is 2.90. The lowest BCUT2D eigenvalue weighted by atomic mass is 9.71. The smallest absolute Gasteiger partial charge is 0.0830 e. The summed E-state index contributed by atoms with van der Waals surface area (Å²) in [6, 6.07) is 1.16. The number of nitrogens with one attached hydrogen (secondary N) is 1. The molecule has 2 heterocycles. The zero-order valence-corrected chi connectivity index (χ0v) is 5.41. The molecule has 0 aromatic carbocycles. The van der Waals surface area contributed by atoms with Crippen molar-refractivity contribution >= 4 is 6.34 Å². The van der Waals surface area contributed by atoms with Crippen LogP contribution in [0.4, 0.5) is 0 Å². The van der Waals surface area contributed by atoms with E-state index in [1.54, 1.807) is 6.34 Å². The SMILES string of the molecule is CC1C2N=CNC1C2N. The molecule has 0 saturated heterocycles. The van der Waals surface area contributed by atoms with E-state index in [9.17, 15) is 0 Å². The van der Waals surface area contributed by atoms with E-state index in [1.165, 1.54) is 0 Å². The highest BCUT2D eigenvalue weighted by molar-refractivity contribution is 5.59. The highest BCUT2D eigenvalue weighted by Crippen LogP contribution is 2.31. The summed E-state index contributed by atoms with van der Waals surface area (Å²) >= 11 is 0. The van der Waals surface area contributed by atoms with Crippen LogP contribution < -0.4 is 11.1 Å². The Kier molecular flexibility index (Phi) is 0.858. The minimum Gasteiger partial charge on any atom is -0.372 e. The van der Waals surface area contributed by atoms with E-state index >= 15 is 0 Å². The van der Waals surface area contributed by atoms with Crippen LogP contribution in [0, 0.1) is 5.92 Å². The third kappa shape index (κ3) is 0.477. The van der Waals surface area contributed by atoms with Crippen molar-refractivity contribution in [3.8, 4) is 0 Å². The minimum absolute atomic E-state index is 0.269. The van der Waals surface area contributed by atoms with Crippen LogP contribution in [-0.4, -0.2) is 24.5 Å². The molecule has 0 spiro atoms. The average molecular weight is 125 g/mol. The molecule has 1 fully saturated rings. The molecule has 3 N–H and O–H groups in total. The van der Waals surface area contributed by atoms with E-state index in [1.807, 2.05) is 0 Å². The quantitative estimate of drug-likeness (QED) is 0.451. The number of hydrogen-bond acceptors (Lipinski definition) is 3. The molecule has 50 valence electrons. The molecule has 9 heavy (non-hydrogen) atoms. The lowest BCUT2D eigenvalue weighted by Gasteiger charge is -2.49. The summed E-state index contributed by atoms with van der Waals surface area (Å²) in [5.74, 6) is 0.644. The van der Waals surface area contributed by atoms with Crippen molar-refractivity contribution in [2.45, 2.75) is 25.0 Å². The molecular weight excluding hydrogens is 114 g/mol. The Hall–Kier alpha value is -0.570. The van der Waals surface area contributed by atoms with Gasteiger partial charge in [0, 0.05) is 18.0 Å². The van der Waals surface area contributed by atoms with Gasteiger partial charge in [0.1, 0.15) is 0 Å². The van der Waals surface area contributed by atoms with Crippen molar-refractivity contribution in [1.82, 2.24) is 5.32 Å². The Morgan fingerprint density at radius 2 is 2.44 bits per heavy atom. The van der Waals surface area contributed by atoms with E-state index in [-0.39, 0.29) is 6.04 Å². The van der Waals surface area contributed by atoms with Crippen LogP contribution in [0.2, 0.25) is 0 Å². The van der Waals surface area contributed by atoms with Crippen LogP contribution in [0.1, 0.15) is 6.92 Å². The van der Waals surface area contributed by atoms with Gasteiger partial charge in [-0.2, -0.15) is 0 Å². The summed E-state index contributed by atoms with van der Waals surface area (Å²) < 4.78 is 0. The molecular formula is C6H11N3. The van der Waals surface area contributed by atoms with Crippen LogP contribution in [0.3, 0.4) is 0 Å². The van der Waals surface area contributed by atoms with Crippen molar-refractivity contribution in [3.05, 3.63) is 0 Å². The summed E-state index contributed by atoms with van der Waals surface area (Å²) in [4.78, 5) is 4.20. The van der Waals surface area contributed by atoms with Crippen LogP contribution >= 0.6 is 0 Å². The molecule has 3 heteroatoms. The van der Waals surface area contributed by atoms with Crippen molar-refractivity contribution in [2.24, 2.45) is 16.6 Å². The fourth-order valence-corrected chi connectivity index (χ4v) is 1.69. The van der Waals surface area contributed by atoms with Crippen molar-refractivity contribution in [2.75, 3.05) is 0 Å². The largest absolute Gasteiger partial charge is 0.372 e. The van der Waals surface area contributed by atoms with Gasteiger partial charge >= 0.3 is 0 Å². The maximum absolute atomic E-state index is 5.74. The third-order valence-electron chi connectivity index (χ3n) is 2.43. The topological polar surface area (TPSA) is 50.4 Å². The number of rotatable bonds is 0. The normalized spacial score (nSPS) is 54.0. The van der Waals surface area contributed by atoms with Gasteiger partial charge in [-0.15, -0.1) is 0 Å². The van der Waals surface area contributed by atoms with Gasteiger partial charge in [-0.25, -0.2) is 0 Å². The van der Waals surface area contributed by atoms with Gasteiger partial charge in [-0.3, -0.25) is 4.99 Å². The van der Waals surface area contributed by atoms with E-state index < -0.39 is 0 Å². The molecule has 3 aliphatic rings. The maximum Gasteiger partial charge on any atom is 0.0830 e. The first kappa shape index (κ1) is 5.23. The maximum atomic E-state index is 5.74. The third-order valence-corrected chi connectivity index (χ3v) is 2.43. The van der Waals surface area contributed by atoms with Gasteiger partial charge in [0.15, 0.2) is 0 Å². The summed E-state index contributed by atoms with van der Waals surface area (Å²) in [6.07, 6.45) is 1.78. The highest BCUT2D eigenvalue weighted by atomic mass is 15.1. The first-order valence-electron chi connectivity index (χ1n) is 3.34. The lowest BCUT2D eigenvalue weighted by Crippen LogP contribution is -2.70. The number of nitrogens with zero attached hydrogens (tertiary/aromatic N) is 1. The lowest BCUT2D eigenvalue weighted by molar-refractivity contribution is 0.155. The molecule has 2 bridgehead atoms. The number of aliphatic imine (C=N–C) groups is 1. The zero-order valence-electron chi connectivity index (χ0n) is 5.41. The number of fused-ring (bicyclic) bond motifs is 1. The van der Waals surface area contributed by atoms with Gasteiger partial charge in [0.05, 0.1) is 12.4 Å². The first-order valence-corrected chi connectivity index (χ1v) is 3.34.